The van der Waals surface area contributed by atoms with Crippen LogP contribution < -0.4 is 0 Å². The quantitative estimate of drug-likeness (QED) is 0.782. The second kappa shape index (κ2) is 7.16. The second-order valence-corrected chi connectivity index (χ2v) is 9.95. The fraction of sp³-hybridized carbons (Fsp3) is 0.636. The maximum Gasteiger partial charge on any atom is 0.232 e. The fourth-order valence-corrected chi connectivity index (χ4v) is 6.53. The summed E-state index contributed by atoms with van der Waals surface area (Å²) in [5.41, 5.74) is 1.29. The molecule has 4 aliphatic rings. The number of hydrogen-bond donors (Lipinski definition) is 0. The SMILES string of the molecule is O=C(CSC1CCCC1)N1CC2CC1CN2C(=O)C1CC1c1ccccc1. The molecule has 27 heavy (non-hydrogen) atoms. The zero-order valence-electron chi connectivity index (χ0n) is 15.8. The van der Waals surface area contributed by atoms with Crippen molar-refractivity contribution >= 4 is 23.6 Å². The first kappa shape index (κ1) is 17.6. The number of nitrogens with zero attached hydrogens (tertiary/aromatic N) is 2. The number of rotatable bonds is 5. The predicted octanol–water partition coefficient (Wildman–Crippen LogP) is 3.28. The summed E-state index contributed by atoms with van der Waals surface area (Å²) in [6, 6.07) is 10.9. The van der Waals surface area contributed by atoms with E-state index in [1.165, 1.54) is 31.2 Å². The third-order valence-electron chi connectivity index (χ3n) is 6.92. The summed E-state index contributed by atoms with van der Waals surface area (Å²) < 4.78 is 0. The van der Waals surface area contributed by atoms with Gasteiger partial charge >= 0.3 is 0 Å². The summed E-state index contributed by atoms with van der Waals surface area (Å²) in [6.07, 6.45) is 7.16. The second-order valence-electron chi connectivity index (χ2n) is 8.66. The van der Waals surface area contributed by atoms with Crippen LogP contribution in [-0.2, 0) is 9.59 Å². The van der Waals surface area contributed by atoms with E-state index < -0.39 is 0 Å². The molecule has 4 nitrogen and oxygen atoms in total. The van der Waals surface area contributed by atoms with E-state index >= 15 is 0 Å². The molecule has 1 aromatic carbocycles. The first-order valence-corrected chi connectivity index (χ1v) is 11.5. The van der Waals surface area contributed by atoms with E-state index in [-0.39, 0.29) is 18.0 Å². The number of carbonyl (C=O) groups is 2. The van der Waals surface area contributed by atoms with E-state index in [1.807, 2.05) is 17.8 Å². The van der Waals surface area contributed by atoms with E-state index in [0.29, 0.717) is 28.7 Å². The average Bonchev–Trinajstić information content (AvgIpc) is 3.05. The third kappa shape index (κ3) is 3.39. The summed E-state index contributed by atoms with van der Waals surface area (Å²) in [4.78, 5) is 29.8. The number of likely N-dealkylation sites (tertiary alicyclic amines) is 2. The van der Waals surface area contributed by atoms with Gasteiger partial charge < -0.3 is 9.80 Å². The van der Waals surface area contributed by atoms with E-state index in [2.05, 4.69) is 34.1 Å². The molecule has 2 bridgehead atoms. The molecule has 0 spiro atoms. The van der Waals surface area contributed by atoms with Crippen LogP contribution in [0.5, 0.6) is 0 Å². The molecule has 4 fully saturated rings. The van der Waals surface area contributed by atoms with Crippen molar-refractivity contribution in [3.63, 3.8) is 0 Å². The Kier molecular flexibility index (Phi) is 4.66. The summed E-state index contributed by atoms with van der Waals surface area (Å²) in [5.74, 6) is 1.80. The molecule has 144 valence electrons. The number of piperazine rings is 1. The summed E-state index contributed by atoms with van der Waals surface area (Å²) in [5, 5.41) is 0.691. The molecule has 0 aromatic heterocycles. The van der Waals surface area contributed by atoms with Crippen LogP contribution >= 0.6 is 11.8 Å². The molecule has 0 N–H and O–H groups in total. The van der Waals surface area contributed by atoms with Crippen LogP contribution in [0.4, 0.5) is 0 Å². The van der Waals surface area contributed by atoms with Gasteiger partial charge in [0.1, 0.15) is 0 Å². The van der Waals surface area contributed by atoms with Crippen molar-refractivity contribution in [3.8, 4) is 0 Å². The van der Waals surface area contributed by atoms with Crippen LogP contribution in [0.15, 0.2) is 30.3 Å². The minimum absolute atomic E-state index is 0.161. The molecule has 2 saturated carbocycles. The van der Waals surface area contributed by atoms with Crippen LogP contribution in [0.2, 0.25) is 0 Å². The van der Waals surface area contributed by atoms with Gasteiger partial charge in [0.05, 0.1) is 17.8 Å². The molecule has 2 aliphatic carbocycles. The summed E-state index contributed by atoms with van der Waals surface area (Å²) in [6.45, 7) is 1.50. The van der Waals surface area contributed by atoms with Crippen LogP contribution in [0.1, 0.15) is 50.0 Å². The lowest BCUT2D eigenvalue weighted by Gasteiger charge is -2.34. The van der Waals surface area contributed by atoms with Crippen molar-refractivity contribution in [1.82, 2.24) is 9.80 Å². The number of carbonyl (C=O) groups excluding carboxylic acids is 2. The van der Waals surface area contributed by atoms with Gasteiger partial charge in [0.2, 0.25) is 11.8 Å². The molecule has 4 unspecified atom stereocenters. The molecule has 2 heterocycles. The predicted molar refractivity (Wildman–Crippen MR) is 108 cm³/mol. The number of amides is 2. The van der Waals surface area contributed by atoms with E-state index in [9.17, 15) is 9.59 Å². The molecule has 2 saturated heterocycles. The van der Waals surface area contributed by atoms with Crippen molar-refractivity contribution in [2.45, 2.75) is 61.8 Å². The standard InChI is InChI=1S/C22H28N2O2S/c25-21(14-27-18-8-4-5-9-18)23-12-17-10-16(23)13-24(17)22(26)20-11-19(20)15-6-2-1-3-7-15/h1-3,6-7,16-20H,4-5,8-14H2. The Bertz CT molecular complexity index is 718. The van der Waals surface area contributed by atoms with Gasteiger partial charge in [0.25, 0.3) is 0 Å². The number of hydrogen-bond acceptors (Lipinski definition) is 3. The van der Waals surface area contributed by atoms with Gasteiger partial charge in [-0.05, 0) is 37.2 Å². The van der Waals surface area contributed by atoms with Crippen LogP contribution in [0, 0.1) is 5.92 Å². The zero-order chi connectivity index (χ0) is 18.4. The molecular formula is C22H28N2O2S. The molecule has 1 aromatic rings. The van der Waals surface area contributed by atoms with E-state index in [0.717, 1.165) is 25.9 Å². The molecule has 5 rings (SSSR count). The molecule has 4 atom stereocenters. The summed E-state index contributed by atoms with van der Waals surface area (Å²) >= 11 is 1.85. The van der Waals surface area contributed by atoms with Gasteiger partial charge in [0.15, 0.2) is 0 Å². The van der Waals surface area contributed by atoms with Gasteiger partial charge in [-0.25, -0.2) is 0 Å². The van der Waals surface area contributed by atoms with Crippen LogP contribution in [0.3, 0.4) is 0 Å². The highest BCUT2D eigenvalue weighted by atomic mass is 32.2. The Morgan fingerprint density at radius 3 is 2.37 bits per heavy atom. The Balaban J connectivity index is 1.13. The fourth-order valence-electron chi connectivity index (χ4n) is 5.32. The highest BCUT2D eigenvalue weighted by molar-refractivity contribution is 8.00. The van der Waals surface area contributed by atoms with Crippen molar-refractivity contribution in [2.24, 2.45) is 5.92 Å². The topological polar surface area (TPSA) is 40.6 Å². The molecule has 5 heteroatoms. The Morgan fingerprint density at radius 2 is 1.67 bits per heavy atom. The molecule has 2 amide bonds. The first-order valence-electron chi connectivity index (χ1n) is 10.5. The van der Waals surface area contributed by atoms with Gasteiger partial charge in [-0.2, -0.15) is 0 Å². The van der Waals surface area contributed by atoms with Crippen molar-refractivity contribution in [1.29, 1.82) is 0 Å². The smallest absolute Gasteiger partial charge is 0.232 e. The van der Waals surface area contributed by atoms with Gasteiger partial charge in [-0.3, -0.25) is 9.59 Å². The van der Waals surface area contributed by atoms with E-state index in [4.69, 9.17) is 0 Å². The van der Waals surface area contributed by atoms with Gasteiger partial charge in [-0.15, -0.1) is 11.8 Å². The van der Waals surface area contributed by atoms with Crippen molar-refractivity contribution in [2.75, 3.05) is 18.8 Å². The summed E-state index contributed by atoms with van der Waals surface area (Å²) in [7, 11) is 0. The minimum atomic E-state index is 0.161. The maximum absolute atomic E-state index is 13.0. The monoisotopic (exact) mass is 384 g/mol. The zero-order valence-corrected chi connectivity index (χ0v) is 16.6. The molecule has 0 radical (unpaired) electrons. The van der Waals surface area contributed by atoms with Gasteiger partial charge in [-0.1, -0.05) is 43.2 Å². The third-order valence-corrected chi connectivity index (χ3v) is 8.28. The van der Waals surface area contributed by atoms with Crippen LogP contribution in [-0.4, -0.2) is 57.8 Å². The minimum Gasteiger partial charge on any atom is -0.336 e. The Hall–Kier alpha value is -1.49. The van der Waals surface area contributed by atoms with Crippen molar-refractivity contribution < 1.29 is 9.59 Å². The lowest BCUT2D eigenvalue weighted by molar-refractivity contribution is -0.139. The Morgan fingerprint density at radius 1 is 0.963 bits per heavy atom. The normalized spacial score (nSPS) is 32.3. The highest BCUT2D eigenvalue weighted by Gasteiger charge is 2.52. The van der Waals surface area contributed by atoms with Crippen LogP contribution in [0.25, 0.3) is 0 Å². The largest absolute Gasteiger partial charge is 0.336 e. The highest BCUT2D eigenvalue weighted by Crippen LogP contribution is 2.49. The molecule has 2 aliphatic heterocycles. The number of thioether (sulfide) groups is 1. The number of benzene rings is 1. The average molecular weight is 385 g/mol. The van der Waals surface area contributed by atoms with Crippen molar-refractivity contribution in [3.05, 3.63) is 35.9 Å². The van der Waals surface area contributed by atoms with Gasteiger partial charge in [0, 0.05) is 24.3 Å². The lowest BCUT2D eigenvalue weighted by atomic mass is 10.1. The number of fused-ring (bicyclic) bond motifs is 2. The Labute approximate surface area is 165 Å². The van der Waals surface area contributed by atoms with E-state index in [1.54, 1.807) is 0 Å². The molecular weight excluding hydrogens is 356 g/mol. The lowest BCUT2D eigenvalue weighted by Crippen LogP contribution is -2.51. The maximum atomic E-state index is 13.0. The first-order chi connectivity index (χ1) is 13.2.